The van der Waals surface area contributed by atoms with E-state index in [0.717, 1.165) is 27.8 Å². The van der Waals surface area contributed by atoms with Crippen molar-refractivity contribution >= 4 is 22.5 Å². The van der Waals surface area contributed by atoms with Crippen LogP contribution in [0.1, 0.15) is 0 Å². The van der Waals surface area contributed by atoms with Crippen LogP contribution >= 0.6 is 0 Å². The van der Waals surface area contributed by atoms with Crippen LogP contribution in [-0.4, -0.2) is 22.0 Å². The molecule has 0 saturated carbocycles. The quantitative estimate of drug-likeness (QED) is 0.731. The van der Waals surface area contributed by atoms with Crippen molar-refractivity contribution in [1.29, 1.82) is 0 Å². The molecule has 0 unspecified atom stereocenters. The van der Waals surface area contributed by atoms with E-state index in [-0.39, 0.29) is 0 Å². The smallest absolute Gasteiger partial charge is 0.126 e. The first-order valence-corrected chi connectivity index (χ1v) is 5.92. The average molecular weight is 251 g/mol. The maximum atomic E-state index is 5.59. The molecule has 0 aromatic carbocycles. The molecule has 0 radical (unpaired) electrons. The second-order valence-electron chi connectivity index (χ2n) is 4.21. The van der Waals surface area contributed by atoms with E-state index in [1.807, 2.05) is 25.4 Å². The Hall–Kier alpha value is -2.69. The highest BCUT2D eigenvalue weighted by molar-refractivity contribution is 5.84. The molecule has 0 bridgehead atoms. The number of anilines is 2. The first-order chi connectivity index (χ1) is 9.26. The molecule has 5 heteroatoms. The molecule has 0 atom stereocenters. The van der Waals surface area contributed by atoms with Crippen molar-refractivity contribution in [3.63, 3.8) is 0 Å². The Morgan fingerprint density at radius 1 is 0.947 bits per heavy atom. The van der Waals surface area contributed by atoms with Gasteiger partial charge in [-0.05, 0) is 24.3 Å². The maximum absolute atomic E-state index is 5.59. The van der Waals surface area contributed by atoms with Gasteiger partial charge in [-0.15, -0.1) is 0 Å². The fourth-order valence-corrected chi connectivity index (χ4v) is 1.90. The highest BCUT2D eigenvalue weighted by atomic mass is 15.0. The van der Waals surface area contributed by atoms with E-state index in [1.54, 1.807) is 18.5 Å². The van der Waals surface area contributed by atoms with Crippen molar-refractivity contribution in [3.8, 4) is 11.1 Å². The highest BCUT2D eigenvalue weighted by Crippen LogP contribution is 2.23. The molecular formula is C14H13N5. The summed E-state index contributed by atoms with van der Waals surface area (Å²) >= 11 is 0. The van der Waals surface area contributed by atoms with Crippen molar-refractivity contribution in [2.75, 3.05) is 18.1 Å². The van der Waals surface area contributed by atoms with Gasteiger partial charge in [0.15, 0.2) is 0 Å². The molecule has 3 heterocycles. The summed E-state index contributed by atoms with van der Waals surface area (Å²) < 4.78 is 0. The Labute approximate surface area is 110 Å². The van der Waals surface area contributed by atoms with E-state index in [1.165, 1.54) is 0 Å². The summed E-state index contributed by atoms with van der Waals surface area (Å²) in [5, 5.41) is 4.05. The SMILES string of the molecule is CNc1cc2cc(-c3ccc(N)nc3)cnc2cn1. The standard InChI is InChI=1S/C14H13N5/c1-16-14-5-10-4-11(7-17-12(10)8-19-14)9-2-3-13(15)18-6-9/h2-8H,1H3,(H2,15,18)(H,16,19). The summed E-state index contributed by atoms with van der Waals surface area (Å²) in [5.74, 6) is 1.33. The van der Waals surface area contributed by atoms with Crippen LogP contribution in [-0.2, 0) is 0 Å². The first kappa shape index (κ1) is 11.4. The van der Waals surface area contributed by atoms with Crippen molar-refractivity contribution in [3.05, 3.63) is 42.9 Å². The highest BCUT2D eigenvalue weighted by Gasteiger charge is 2.03. The lowest BCUT2D eigenvalue weighted by Crippen LogP contribution is -1.93. The summed E-state index contributed by atoms with van der Waals surface area (Å²) in [4.78, 5) is 12.7. The van der Waals surface area contributed by atoms with Crippen LogP contribution in [0.15, 0.2) is 42.9 Å². The van der Waals surface area contributed by atoms with Gasteiger partial charge in [-0.2, -0.15) is 0 Å². The molecule has 0 aliphatic carbocycles. The number of nitrogen functional groups attached to an aromatic ring is 1. The Kier molecular flexibility index (Phi) is 2.72. The number of hydrogen-bond donors (Lipinski definition) is 2. The minimum Gasteiger partial charge on any atom is -0.384 e. The fraction of sp³-hybridized carbons (Fsp3) is 0.0714. The summed E-state index contributed by atoms with van der Waals surface area (Å²) in [5.41, 5.74) is 8.46. The molecule has 0 aliphatic rings. The van der Waals surface area contributed by atoms with Crippen molar-refractivity contribution < 1.29 is 0 Å². The van der Waals surface area contributed by atoms with Gasteiger partial charge in [0.2, 0.25) is 0 Å². The van der Waals surface area contributed by atoms with E-state index < -0.39 is 0 Å². The van der Waals surface area contributed by atoms with Gasteiger partial charge < -0.3 is 11.1 Å². The third-order valence-corrected chi connectivity index (χ3v) is 2.94. The monoisotopic (exact) mass is 251 g/mol. The molecular weight excluding hydrogens is 238 g/mol. The topological polar surface area (TPSA) is 76.7 Å². The number of nitrogens with one attached hydrogen (secondary N) is 1. The van der Waals surface area contributed by atoms with Crippen molar-refractivity contribution in [2.45, 2.75) is 0 Å². The summed E-state index contributed by atoms with van der Waals surface area (Å²) in [6.07, 6.45) is 5.32. The maximum Gasteiger partial charge on any atom is 0.126 e. The van der Waals surface area contributed by atoms with E-state index in [0.29, 0.717) is 5.82 Å². The van der Waals surface area contributed by atoms with Crippen LogP contribution in [0.3, 0.4) is 0 Å². The minimum absolute atomic E-state index is 0.513. The van der Waals surface area contributed by atoms with Crippen LogP contribution in [0.4, 0.5) is 11.6 Å². The van der Waals surface area contributed by atoms with Gasteiger partial charge in [-0.3, -0.25) is 4.98 Å². The molecule has 0 spiro atoms. The molecule has 0 saturated heterocycles. The molecule has 0 amide bonds. The normalized spacial score (nSPS) is 10.6. The van der Waals surface area contributed by atoms with Gasteiger partial charge in [0.05, 0.1) is 11.7 Å². The summed E-state index contributed by atoms with van der Waals surface area (Å²) in [6, 6.07) is 7.76. The van der Waals surface area contributed by atoms with Gasteiger partial charge in [-0.1, -0.05) is 0 Å². The molecule has 3 rings (SSSR count). The zero-order chi connectivity index (χ0) is 13.2. The van der Waals surface area contributed by atoms with Crippen molar-refractivity contribution in [2.24, 2.45) is 0 Å². The van der Waals surface area contributed by atoms with E-state index in [4.69, 9.17) is 5.73 Å². The van der Waals surface area contributed by atoms with Crippen LogP contribution in [0.25, 0.3) is 22.0 Å². The zero-order valence-electron chi connectivity index (χ0n) is 10.5. The van der Waals surface area contributed by atoms with Crippen LogP contribution < -0.4 is 11.1 Å². The molecule has 5 nitrogen and oxygen atoms in total. The predicted molar refractivity (Wildman–Crippen MR) is 76.7 cm³/mol. The fourth-order valence-electron chi connectivity index (χ4n) is 1.90. The van der Waals surface area contributed by atoms with Crippen LogP contribution in [0.2, 0.25) is 0 Å². The minimum atomic E-state index is 0.513. The number of nitrogens with zero attached hydrogens (tertiary/aromatic N) is 3. The number of rotatable bonds is 2. The van der Waals surface area contributed by atoms with Gasteiger partial charge >= 0.3 is 0 Å². The van der Waals surface area contributed by atoms with E-state index >= 15 is 0 Å². The number of aromatic nitrogens is 3. The first-order valence-electron chi connectivity index (χ1n) is 5.92. The molecule has 3 aromatic rings. The average Bonchev–Trinajstić information content (AvgIpc) is 2.47. The summed E-state index contributed by atoms with van der Waals surface area (Å²) in [7, 11) is 1.84. The van der Waals surface area contributed by atoms with Gasteiger partial charge in [0.25, 0.3) is 0 Å². The molecule has 0 aliphatic heterocycles. The van der Waals surface area contributed by atoms with Crippen molar-refractivity contribution in [1.82, 2.24) is 15.0 Å². The third-order valence-electron chi connectivity index (χ3n) is 2.94. The second-order valence-corrected chi connectivity index (χ2v) is 4.21. The number of hydrogen-bond acceptors (Lipinski definition) is 5. The lowest BCUT2D eigenvalue weighted by Gasteiger charge is -2.05. The largest absolute Gasteiger partial charge is 0.384 e. The Bertz CT molecular complexity index is 721. The number of nitrogens with two attached hydrogens (primary N) is 1. The Morgan fingerprint density at radius 3 is 2.53 bits per heavy atom. The van der Waals surface area contributed by atoms with E-state index in [2.05, 4.69) is 26.3 Å². The zero-order valence-corrected chi connectivity index (χ0v) is 10.5. The Balaban J connectivity index is 2.12. The van der Waals surface area contributed by atoms with Gasteiger partial charge in [0.1, 0.15) is 11.6 Å². The lowest BCUT2D eigenvalue weighted by molar-refractivity contribution is 1.28. The van der Waals surface area contributed by atoms with Gasteiger partial charge in [0, 0.05) is 36.0 Å². The lowest BCUT2D eigenvalue weighted by atomic mass is 10.1. The number of pyridine rings is 3. The third kappa shape index (κ3) is 2.18. The van der Waals surface area contributed by atoms with Crippen LogP contribution in [0.5, 0.6) is 0 Å². The molecule has 3 aromatic heterocycles. The van der Waals surface area contributed by atoms with Crippen LogP contribution in [0, 0.1) is 0 Å². The van der Waals surface area contributed by atoms with E-state index in [9.17, 15) is 0 Å². The molecule has 0 fully saturated rings. The predicted octanol–water partition coefficient (Wildman–Crippen LogP) is 2.32. The summed E-state index contributed by atoms with van der Waals surface area (Å²) in [6.45, 7) is 0. The molecule has 19 heavy (non-hydrogen) atoms. The van der Waals surface area contributed by atoms with Gasteiger partial charge in [-0.25, -0.2) is 9.97 Å². The molecule has 3 N–H and O–H groups in total. The second kappa shape index (κ2) is 4.53. The number of fused-ring (bicyclic) bond motifs is 1. The molecule has 94 valence electrons. The Morgan fingerprint density at radius 2 is 1.79 bits per heavy atom.